The number of aromatic nitrogens is 1. The average Bonchev–Trinajstić information content (AvgIpc) is 3.50. The van der Waals surface area contributed by atoms with E-state index in [1.165, 1.54) is 14.2 Å². The van der Waals surface area contributed by atoms with E-state index >= 15 is 0 Å². The monoisotopic (exact) mass is 672 g/mol. The molecule has 2 saturated heterocycles. The van der Waals surface area contributed by atoms with E-state index in [1.807, 2.05) is 30.3 Å². The second kappa shape index (κ2) is 11.9. The first-order chi connectivity index (χ1) is 19.7. The number of halogens is 1. The van der Waals surface area contributed by atoms with Crippen molar-refractivity contribution in [3.8, 4) is 11.5 Å². The van der Waals surface area contributed by atoms with Gasteiger partial charge in [0.15, 0.2) is 11.5 Å². The molecule has 1 N–H and O–H groups in total. The van der Waals surface area contributed by atoms with Gasteiger partial charge in [-0.1, -0.05) is 25.5 Å². The summed E-state index contributed by atoms with van der Waals surface area (Å²) in [6.45, 7) is 4.50. The second-order valence-corrected chi connectivity index (χ2v) is 12.0. The summed E-state index contributed by atoms with van der Waals surface area (Å²) >= 11 is 2.08. The molecule has 0 bridgehead atoms. The van der Waals surface area contributed by atoms with Crippen LogP contribution in [0, 0.1) is 27.2 Å². The van der Waals surface area contributed by atoms with Crippen molar-refractivity contribution in [3.63, 3.8) is 0 Å². The number of phenols is 1. The molecule has 0 spiro atoms. The average molecular weight is 673 g/mol. The maximum atomic E-state index is 13.3. The standard InChI is InChI=1S/C31H33IN2O7/c1-16(2)19-14-20-27(30(37)34(29(20)36)31(38)40-4)21-15-41-24(26(19)21)9-8-18(23-7-5-6-10-33-23)11-17-12-22(32)28(35)25(13-17)39-3/h5-7,10-13,16,20-21,24,27,35H,8-9,14-15H2,1-4H3/b18-11-/t20-,21+,24-,27-/m1/s1. The molecule has 1 aliphatic carbocycles. The largest absolute Gasteiger partial charge is 0.504 e. The number of ether oxygens (including phenoxy) is 3. The van der Waals surface area contributed by atoms with Crippen molar-refractivity contribution in [3.05, 3.63) is 62.5 Å². The highest BCUT2D eigenvalue weighted by atomic mass is 127. The Kier molecular flexibility index (Phi) is 8.51. The molecule has 10 heteroatoms. The van der Waals surface area contributed by atoms with Crippen molar-refractivity contribution in [2.45, 2.75) is 39.2 Å². The van der Waals surface area contributed by atoms with Gasteiger partial charge in [-0.3, -0.25) is 14.6 Å². The number of likely N-dealkylation sites (tertiary alicyclic amines) is 1. The highest BCUT2D eigenvalue weighted by Crippen LogP contribution is 2.51. The highest BCUT2D eigenvalue weighted by molar-refractivity contribution is 14.1. The van der Waals surface area contributed by atoms with Crippen LogP contribution in [0.2, 0.25) is 0 Å². The summed E-state index contributed by atoms with van der Waals surface area (Å²) in [6.07, 6.45) is 4.36. The summed E-state index contributed by atoms with van der Waals surface area (Å²) in [4.78, 5) is 44.0. The van der Waals surface area contributed by atoms with Gasteiger partial charge < -0.3 is 19.3 Å². The predicted octanol–water partition coefficient (Wildman–Crippen LogP) is 5.46. The Morgan fingerprint density at radius 2 is 2.00 bits per heavy atom. The molecule has 0 saturated carbocycles. The van der Waals surface area contributed by atoms with Gasteiger partial charge >= 0.3 is 6.09 Å². The Hall–Kier alpha value is -3.25. The molecule has 4 atom stereocenters. The minimum absolute atomic E-state index is 0.101. The molecule has 3 amide bonds. The molecule has 0 unspecified atom stereocenters. The lowest BCUT2D eigenvalue weighted by Crippen LogP contribution is -2.38. The molecular formula is C31H33IN2O7. The first kappa shape index (κ1) is 29.2. The normalized spacial score (nSPS) is 24.1. The van der Waals surface area contributed by atoms with Crippen molar-refractivity contribution in [2.75, 3.05) is 20.8 Å². The van der Waals surface area contributed by atoms with Gasteiger partial charge in [-0.25, -0.2) is 4.79 Å². The Balaban J connectivity index is 1.46. The van der Waals surface area contributed by atoms with Crippen molar-refractivity contribution in [2.24, 2.45) is 23.7 Å². The third-order valence-corrected chi connectivity index (χ3v) is 9.10. The van der Waals surface area contributed by atoms with Gasteiger partial charge in [0.1, 0.15) is 0 Å². The number of amides is 3. The highest BCUT2D eigenvalue weighted by Gasteiger charge is 2.59. The molecule has 2 fully saturated rings. The van der Waals surface area contributed by atoms with Crippen LogP contribution in [0.3, 0.4) is 0 Å². The Labute approximate surface area is 252 Å². The Morgan fingerprint density at radius 1 is 1.22 bits per heavy atom. The van der Waals surface area contributed by atoms with Crippen LogP contribution >= 0.6 is 22.6 Å². The molecule has 2 aliphatic heterocycles. The zero-order valence-electron chi connectivity index (χ0n) is 23.4. The fourth-order valence-corrected chi connectivity index (χ4v) is 7.00. The van der Waals surface area contributed by atoms with Gasteiger partial charge in [-0.05, 0) is 94.8 Å². The first-order valence-corrected chi connectivity index (χ1v) is 14.7. The number of hydrogen-bond donors (Lipinski definition) is 1. The number of benzene rings is 1. The van der Waals surface area contributed by atoms with Crippen molar-refractivity contribution in [1.82, 2.24) is 9.88 Å². The fourth-order valence-electron chi connectivity index (χ4n) is 6.38. The number of methoxy groups -OCH3 is 2. The minimum atomic E-state index is -0.928. The number of hydrogen-bond acceptors (Lipinski definition) is 8. The third-order valence-electron chi connectivity index (χ3n) is 8.28. The van der Waals surface area contributed by atoms with Gasteiger partial charge in [-0.2, -0.15) is 4.90 Å². The molecule has 216 valence electrons. The van der Waals surface area contributed by atoms with Crippen LogP contribution in [-0.4, -0.2) is 59.8 Å². The summed E-state index contributed by atoms with van der Waals surface area (Å²) in [5.74, 6) is -1.78. The van der Waals surface area contributed by atoms with E-state index in [1.54, 1.807) is 12.3 Å². The molecule has 41 heavy (non-hydrogen) atoms. The lowest BCUT2D eigenvalue weighted by Gasteiger charge is -2.33. The number of rotatable bonds is 7. The number of fused-ring (bicyclic) bond motifs is 3. The van der Waals surface area contributed by atoms with Gasteiger partial charge in [0.25, 0.3) is 0 Å². The van der Waals surface area contributed by atoms with E-state index < -0.39 is 29.7 Å². The van der Waals surface area contributed by atoms with Crippen LogP contribution in [-0.2, 0) is 19.1 Å². The van der Waals surface area contributed by atoms with Crippen molar-refractivity contribution >= 4 is 52.1 Å². The maximum absolute atomic E-state index is 13.3. The summed E-state index contributed by atoms with van der Waals surface area (Å²) in [5, 5.41) is 10.3. The Morgan fingerprint density at radius 3 is 2.66 bits per heavy atom. The molecular weight excluding hydrogens is 639 g/mol. The Bertz CT molecular complexity index is 1440. The van der Waals surface area contributed by atoms with Crippen LogP contribution in [0.5, 0.6) is 11.5 Å². The van der Waals surface area contributed by atoms with Gasteiger partial charge in [0.2, 0.25) is 11.8 Å². The summed E-state index contributed by atoms with van der Waals surface area (Å²) < 4.78 is 17.1. The van der Waals surface area contributed by atoms with Crippen LogP contribution in [0.25, 0.3) is 11.6 Å². The number of pyridine rings is 1. The van der Waals surface area contributed by atoms with Crippen molar-refractivity contribution in [1.29, 1.82) is 0 Å². The third kappa shape index (κ3) is 5.39. The van der Waals surface area contributed by atoms with E-state index in [9.17, 15) is 19.5 Å². The number of carbonyl (C=O) groups is 3. The summed E-state index contributed by atoms with van der Waals surface area (Å²) in [5.41, 5.74) is 4.92. The number of nitrogens with zero attached hydrogens (tertiary/aromatic N) is 2. The van der Waals surface area contributed by atoms with E-state index in [0.717, 1.165) is 28.0 Å². The molecule has 0 radical (unpaired) electrons. The first-order valence-electron chi connectivity index (χ1n) is 13.6. The molecule has 1 aromatic heterocycles. The summed E-state index contributed by atoms with van der Waals surface area (Å²) in [6, 6.07) is 9.45. The van der Waals surface area contributed by atoms with Crippen LogP contribution in [0.15, 0.2) is 47.7 Å². The number of imide groups is 3. The molecule has 3 aliphatic rings. The summed E-state index contributed by atoms with van der Waals surface area (Å²) in [7, 11) is 2.69. The lowest BCUT2D eigenvalue weighted by atomic mass is 9.67. The quantitative estimate of drug-likeness (QED) is 0.235. The molecule has 5 rings (SSSR count). The van der Waals surface area contributed by atoms with Crippen LogP contribution < -0.4 is 4.74 Å². The predicted molar refractivity (Wildman–Crippen MR) is 160 cm³/mol. The topological polar surface area (TPSA) is 115 Å². The van der Waals surface area contributed by atoms with Gasteiger partial charge in [-0.15, -0.1) is 0 Å². The molecule has 1 aromatic carbocycles. The number of carbonyl (C=O) groups excluding carboxylic acids is 3. The molecule has 2 aromatic rings. The number of aromatic hydroxyl groups is 1. The smallest absolute Gasteiger partial charge is 0.423 e. The van der Waals surface area contributed by atoms with Gasteiger partial charge in [0.05, 0.1) is 48.0 Å². The molecule has 3 heterocycles. The number of phenolic OH excluding ortho intramolecular Hbond substituents is 1. The fraction of sp³-hybridized carbons (Fsp3) is 0.419. The van der Waals surface area contributed by atoms with E-state index in [-0.39, 0.29) is 23.7 Å². The minimum Gasteiger partial charge on any atom is -0.504 e. The second-order valence-electron chi connectivity index (χ2n) is 10.9. The van der Waals surface area contributed by atoms with E-state index in [2.05, 4.69) is 41.4 Å². The zero-order valence-corrected chi connectivity index (χ0v) is 25.6. The van der Waals surface area contributed by atoms with Crippen LogP contribution in [0.1, 0.15) is 44.4 Å². The molecule has 9 nitrogen and oxygen atoms in total. The van der Waals surface area contributed by atoms with Gasteiger partial charge in [0, 0.05) is 12.1 Å². The number of allylic oxidation sites excluding steroid dienone is 2. The SMILES string of the molecule is COC(=O)N1C(=O)[C@@H]2[C@@H](CC(C(C)C)=C3[C@@H](CC/C(=C/c4cc(I)c(O)c(OC)c4)c4ccccn4)OC[C@@H]32)C1=O. The maximum Gasteiger partial charge on any atom is 0.423 e. The van der Waals surface area contributed by atoms with Crippen molar-refractivity contribution < 1.29 is 33.7 Å². The van der Waals surface area contributed by atoms with Crippen LogP contribution in [0.4, 0.5) is 4.79 Å². The van der Waals surface area contributed by atoms with E-state index in [4.69, 9.17) is 14.2 Å². The lowest BCUT2D eigenvalue weighted by molar-refractivity contribution is -0.137. The van der Waals surface area contributed by atoms with E-state index in [0.29, 0.717) is 40.1 Å². The zero-order chi connectivity index (χ0) is 29.4.